The van der Waals surface area contributed by atoms with Crippen molar-refractivity contribution < 1.29 is 4.79 Å². The van der Waals surface area contributed by atoms with Gasteiger partial charge < -0.3 is 9.88 Å². The lowest BCUT2D eigenvalue weighted by Gasteiger charge is -2.08. The van der Waals surface area contributed by atoms with Gasteiger partial charge in [0.1, 0.15) is 6.33 Å². The van der Waals surface area contributed by atoms with Crippen molar-refractivity contribution >= 4 is 89.1 Å². The minimum absolute atomic E-state index is 0.479. The fourth-order valence-electron chi connectivity index (χ4n) is 4.09. The Balaban J connectivity index is 0.000000173. The van der Waals surface area contributed by atoms with Crippen molar-refractivity contribution in [1.82, 2.24) is 20.1 Å². The zero-order chi connectivity index (χ0) is 26.2. The fraction of sp³-hybridized carbons (Fsp3) is 0.143. The van der Waals surface area contributed by atoms with Gasteiger partial charge in [-0.15, -0.1) is 0 Å². The van der Waals surface area contributed by atoms with E-state index in [9.17, 15) is 4.79 Å². The first-order valence-electron chi connectivity index (χ1n) is 11.6. The smallest absolute Gasteiger partial charge is 0.207 e. The van der Waals surface area contributed by atoms with Crippen molar-refractivity contribution in [3.05, 3.63) is 104 Å². The maximum Gasteiger partial charge on any atom is 0.207 e. The minimum Gasteiger partial charge on any atom is -0.354 e. The highest BCUT2D eigenvalue weighted by Crippen LogP contribution is 2.28. The lowest BCUT2D eigenvalue weighted by molar-refractivity contribution is -0.109. The quantitative estimate of drug-likeness (QED) is 0.134. The first-order chi connectivity index (χ1) is 18.0. The minimum atomic E-state index is 0.479. The van der Waals surface area contributed by atoms with Gasteiger partial charge in [-0.3, -0.25) is 9.89 Å². The highest BCUT2D eigenvalue weighted by Gasteiger charge is 2.06. The molecule has 0 radical (unpaired) electrons. The van der Waals surface area contributed by atoms with E-state index in [1.807, 2.05) is 28.8 Å². The predicted molar refractivity (Wildman–Crippen MR) is 165 cm³/mol. The second-order valence-electron chi connectivity index (χ2n) is 8.33. The molecule has 1 aromatic heterocycles. The highest BCUT2D eigenvalue weighted by molar-refractivity contribution is 9.11. The van der Waals surface area contributed by atoms with Gasteiger partial charge in [0.15, 0.2) is 4.77 Å². The molecule has 5 aromatic rings. The zero-order valence-corrected chi connectivity index (χ0v) is 24.6. The number of halogens is 2. The average molecular weight is 656 g/mol. The maximum atomic E-state index is 10.2. The highest BCUT2D eigenvalue weighted by atomic mass is 79.9. The number of fused-ring (bicyclic) bond motifs is 2. The molecule has 188 valence electrons. The van der Waals surface area contributed by atoms with E-state index in [2.05, 4.69) is 95.9 Å². The van der Waals surface area contributed by atoms with Gasteiger partial charge in [-0.25, -0.2) is 0 Å². The van der Waals surface area contributed by atoms with Crippen molar-refractivity contribution in [3.8, 4) is 0 Å². The molecule has 0 unspecified atom stereocenters. The molecule has 4 aromatic carbocycles. The normalized spacial score (nSPS) is 10.6. The summed E-state index contributed by atoms with van der Waals surface area (Å²) in [4.78, 5) is 11.1. The molecule has 0 spiro atoms. The first-order valence-corrected chi connectivity index (χ1v) is 14.0. The molecule has 2 N–H and O–H groups in total. The molecule has 5 rings (SSSR count). The summed E-state index contributed by atoms with van der Waals surface area (Å²) in [6.07, 6.45) is 4.11. The van der Waals surface area contributed by atoms with E-state index in [4.69, 9.17) is 24.4 Å². The Morgan fingerprint density at radius 1 is 0.892 bits per heavy atom. The number of aryl methyl sites for hydroxylation is 1. The van der Waals surface area contributed by atoms with E-state index in [1.165, 1.54) is 32.7 Å². The number of hydrogen-bond acceptors (Lipinski definition) is 4. The van der Waals surface area contributed by atoms with Crippen LogP contribution in [0.4, 0.5) is 0 Å². The van der Waals surface area contributed by atoms with Gasteiger partial charge in [-0.2, -0.15) is 5.10 Å². The first kappa shape index (κ1) is 27.3. The van der Waals surface area contributed by atoms with Gasteiger partial charge in [-0.05, 0) is 69.9 Å². The van der Waals surface area contributed by atoms with Crippen LogP contribution in [0.25, 0.3) is 21.5 Å². The van der Waals surface area contributed by atoms with Crippen molar-refractivity contribution in [1.29, 1.82) is 0 Å². The second-order valence-corrected chi connectivity index (χ2v) is 11.0. The van der Waals surface area contributed by atoms with Gasteiger partial charge in [0.05, 0.1) is 6.54 Å². The third kappa shape index (κ3) is 6.98. The topological polar surface area (TPSA) is 62.7 Å². The van der Waals surface area contributed by atoms with Gasteiger partial charge in [0, 0.05) is 20.4 Å². The summed E-state index contributed by atoms with van der Waals surface area (Å²) >= 11 is 17.6. The van der Waals surface area contributed by atoms with Gasteiger partial charge in [-0.1, -0.05) is 105 Å². The number of carbonyl (C=O) groups is 1. The number of hydrogen-bond donors (Lipinski definition) is 2. The second kappa shape index (κ2) is 13.2. The monoisotopic (exact) mass is 654 g/mol. The maximum absolute atomic E-state index is 10.2. The van der Waals surface area contributed by atoms with Crippen LogP contribution in [0.5, 0.6) is 0 Å². The van der Waals surface area contributed by atoms with Crippen LogP contribution in [0.2, 0.25) is 0 Å². The SMILES string of the molecule is O=CNCC(=S)CCc1ccc(Br)c2ccccc12.S=c1[nH]ncn1Cc1ccc(Br)c2ccccc12. The van der Waals surface area contributed by atoms with E-state index < -0.39 is 0 Å². The summed E-state index contributed by atoms with van der Waals surface area (Å²) in [5.74, 6) is 0. The van der Waals surface area contributed by atoms with Crippen LogP contribution in [0.15, 0.2) is 88.1 Å². The Bertz CT molecular complexity index is 1610. The molecule has 0 aliphatic rings. The van der Waals surface area contributed by atoms with E-state index in [0.29, 0.717) is 17.7 Å². The molecule has 1 heterocycles. The third-order valence-electron chi connectivity index (χ3n) is 5.94. The largest absolute Gasteiger partial charge is 0.354 e. The molecular weight excluding hydrogens is 632 g/mol. The number of H-pyrrole nitrogens is 1. The lowest BCUT2D eigenvalue weighted by Crippen LogP contribution is -2.20. The number of nitrogens with one attached hydrogen (secondary N) is 2. The number of carbonyl (C=O) groups excluding carboxylic acids is 1. The van der Waals surface area contributed by atoms with Crippen LogP contribution in [-0.4, -0.2) is 32.6 Å². The third-order valence-corrected chi connectivity index (χ3v) is 7.99. The molecule has 1 amide bonds. The van der Waals surface area contributed by atoms with Crippen LogP contribution in [0, 0.1) is 4.77 Å². The summed E-state index contributed by atoms with van der Waals surface area (Å²) in [6.45, 7) is 1.20. The molecular formula is C28H24Br2N4OS2. The lowest BCUT2D eigenvalue weighted by atomic mass is 10.0. The van der Waals surface area contributed by atoms with Crippen LogP contribution < -0.4 is 5.32 Å². The number of thiocarbonyl (C=S) groups is 1. The van der Waals surface area contributed by atoms with E-state index in [0.717, 1.165) is 33.2 Å². The molecule has 0 aliphatic carbocycles. The van der Waals surface area contributed by atoms with E-state index >= 15 is 0 Å². The molecule has 0 atom stereocenters. The number of aromatic amines is 1. The summed E-state index contributed by atoms with van der Waals surface area (Å²) in [5.41, 5.74) is 2.51. The fourth-order valence-corrected chi connectivity index (χ4v) is 5.40. The van der Waals surface area contributed by atoms with E-state index in [1.54, 1.807) is 6.33 Å². The summed E-state index contributed by atoms with van der Waals surface area (Å²) in [6, 6.07) is 25.0. The predicted octanol–water partition coefficient (Wildman–Crippen LogP) is 7.56. The van der Waals surface area contributed by atoms with Crippen molar-refractivity contribution in [2.24, 2.45) is 0 Å². The van der Waals surface area contributed by atoms with Crippen molar-refractivity contribution in [2.45, 2.75) is 19.4 Å². The van der Waals surface area contributed by atoms with Gasteiger partial charge in [0.2, 0.25) is 6.41 Å². The Hall–Kier alpha value is -2.72. The summed E-state index contributed by atoms with van der Waals surface area (Å²) in [5, 5.41) is 14.2. The van der Waals surface area contributed by atoms with Gasteiger partial charge >= 0.3 is 0 Å². The van der Waals surface area contributed by atoms with Crippen molar-refractivity contribution in [3.63, 3.8) is 0 Å². The Labute approximate surface area is 242 Å². The molecule has 0 fully saturated rings. The molecule has 0 bridgehead atoms. The Morgan fingerprint density at radius 3 is 2.03 bits per heavy atom. The number of nitrogens with zero attached hydrogens (tertiary/aromatic N) is 2. The van der Waals surface area contributed by atoms with Crippen LogP contribution in [0.1, 0.15) is 17.5 Å². The van der Waals surface area contributed by atoms with Crippen molar-refractivity contribution in [2.75, 3.05) is 6.54 Å². The number of benzene rings is 4. The van der Waals surface area contributed by atoms with E-state index in [-0.39, 0.29) is 0 Å². The standard InChI is InChI=1S/C15H14BrNOS.C13H10BrN3S/c16-15-8-6-11(5-7-12(19)9-17-10-18)13-3-1-2-4-14(13)15;14-12-6-5-9(7-17-8-15-16-13(17)18)10-3-1-2-4-11(10)12/h1-4,6,8,10H,5,7,9H2,(H,17,18);1-6,8H,7H2,(H,16,18). The zero-order valence-electron chi connectivity index (χ0n) is 19.8. The summed E-state index contributed by atoms with van der Waals surface area (Å²) < 4.78 is 4.78. The van der Waals surface area contributed by atoms with Crippen LogP contribution in [0.3, 0.4) is 0 Å². The molecule has 0 saturated heterocycles. The number of aromatic nitrogens is 3. The molecule has 5 nitrogen and oxygen atoms in total. The molecule has 0 saturated carbocycles. The van der Waals surface area contributed by atoms with Crippen LogP contribution in [-0.2, 0) is 17.8 Å². The number of amides is 1. The Morgan fingerprint density at radius 2 is 1.46 bits per heavy atom. The van der Waals surface area contributed by atoms with Gasteiger partial charge in [0.25, 0.3) is 0 Å². The molecule has 9 heteroatoms. The van der Waals surface area contributed by atoms with Crippen LogP contribution >= 0.6 is 56.3 Å². The Kier molecular flexibility index (Phi) is 9.74. The molecule has 37 heavy (non-hydrogen) atoms. The number of rotatable bonds is 8. The average Bonchev–Trinajstić information content (AvgIpc) is 3.33. The molecule has 0 aliphatic heterocycles. The summed E-state index contributed by atoms with van der Waals surface area (Å²) in [7, 11) is 0.